The topological polar surface area (TPSA) is 134 Å². The van der Waals surface area contributed by atoms with Gasteiger partial charge < -0.3 is 14.9 Å². The van der Waals surface area contributed by atoms with Crippen LogP contribution in [0.2, 0.25) is 10.0 Å². The van der Waals surface area contributed by atoms with Crippen LogP contribution in [-0.4, -0.2) is 33.9 Å². The number of nitro groups is 1. The van der Waals surface area contributed by atoms with Crippen molar-refractivity contribution in [2.75, 3.05) is 6.61 Å². The van der Waals surface area contributed by atoms with E-state index in [2.05, 4.69) is 10.5 Å². The van der Waals surface area contributed by atoms with E-state index in [4.69, 9.17) is 27.9 Å². The molecule has 0 heterocycles. The predicted molar refractivity (Wildman–Crippen MR) is 94.1 cm³/mol. The van der Waals surface area contributed by atoms with E-state index in [1.165, 1.54) is 12.1 Å². The van der Waals surface area contributed by atoms with Crippen LogP contribution in [0, 0.1) is 10.1 Å². The first-order valence-electron chi connectivity index (χ1n) is 6.88. The number of ether oxygens (including phenoxy) is 1. The van der Waals surface area contributed by atoms with E-state index in [0.29, 0.717) is 5.02 Å². The normalized spacial score (nSPS) is 10.7. The van der Waals surface area contributed by atoms with Crippen molar-refractivity contribution in [1.29, 1.82) is 0 Å². The second-order valence-corrected chi connectivity index (χ2v) is 5.66. The van der Waals surface area contributed by atoms with Gasteiger partial charge in [0.2, 0.25) is 0 Å². The van der Waals surface area contributed by atoms with Crippen molar-refractivity contribution in [3.8, 4) is 17.2 Å². The molecule has 1 amide bonds. The number of hydrogen-bond acceptors (Lipinski definition) is 7. The number of carbonyl (C=O) groups excluding carboxylic acids is 1. The summed E-state index contributed by atoms with van der Waals surface area (Å²) in [4.78, 5) is 21.6. The first-order valence-corrected chi connectivity index (χ1v) is 7.63. The molecule has 0 saturated carbocycles. The number of hydrogen-bond donors (Lipinski definition) is 3. The van der Waals surface area contributed by atoms with Crippen molar-refractivity contribution in [3.05, 3.63) is 56.1 Å². The van der Waals surface area contributed by atoms with Gasteiger partial charge in [-0.2, -0.15) is 5.10 Å². The summed E-state index contributed by atoms with van der Waals surface area (Å²) >= 11 is 11.6. The highest BCUT2D eigenvalue weighted by Gasteiger charge is 2.16. The molecule has 0 aliphatic rings. The van der Waals surface area contributed by atoms with E-state index in [9.17, 15) is 25.1 Å². The molecule has 0 atom stereocenters. The molecule has 2 rings (SSSR count). The van der Waals surface area contributed by atoms with Crippen LogP contribution in [-0.2, 0) is 4.79 Å². The van der Waals surface area contributed by atoms with E-state index >= 15 is 0 Å². The SMILES string of the molecule is O=C(COc1ccc(Cl)cc1Cl)N/N=C/c1cc([N+](=O)[O-])c(O)cc1O. The number of phenols is 2. The molecule has 0 fully saturated rings. The Kier molecular flexibility index (Phi) is 6.21. The van der Waals surface area contributed by atoms with Crippen LogP contribution in [0.5, 0.6) is 17.2 Å². The number of nitrogens with zero attached hydrogens (tertiary/aromatic N) is 2. The largest absolute Gasteiger partial charge is 0.507 e. The summed E-state index contributed by atoms with van der Waals surface area (Å²) < 4.78 is 5.20. The summed E-state index contributed by atoms with van der Waals surface area (Å²) in [6.45, 7) is -0.402. The lowest BCUT2D eigenvalue weighted by atomic mass is 10.2. The number of hydrazone groups is 1. The van der Waals surface area contributed by atoms with Gasteiger partial charge in [-0.3, -0.25) is 14.9 Å². The van der Waals surface area contributed by atoms with E-state index in [1.54, 1.807) is 6.07 Å². The molecule has 2 aromatic carbocycles. The zero-order valence-corrected chi connectivity index (χ0v) is 14.4. The highest BCUT2D eigenvalue weighted by Crippen LogP contribution is 2.32. The quantitative estimate of drug-likeness (QED) is 0.388. The molecule has 0 bridgehead atoms. The van der Waals surface area contributed by atoms with Crippen molar-refractivity contribution in [2.24, 2.45) is 5.10 Å². The molecule has 11 heteroatoms. The van der Waals surface area contributed by atoms with E-state index in [0.717, 1.165) is 18.3 Å². The third-order valence-electron chi connectivity index (χ3n) is 2.97. The highest BCUT2D eigenvalue weighted by atomic mass is 35.5. The number of benzene rings is 2. The Balaban J connectivity index is 1.96. The number of amides is 1. The molecule has 0 unspecified atom stereocenters. The van der Waals surface area contributed by atoms with Gasteiger partial charge in [-0.05, 0) is 18.2 Å². The number of nitrogens with one attached hydrogen (secondary N) is 1. The number of carbonyl (C=O) groups is 1. The molecule has 0 aromatic heterocycles. The molecule has 0 spiro atoms. The minimum Gasteiger partial charge on any atom is -0.507 e. The lowest BCUT2D eigenvalue weighted by molar-refractivity contribution is -0.385. The lowest BCUT2D eigenvalue weighted by Crippen LogP contribution is -2.24. The fourth-order valence-electron chi connectivity index (χ4n) is 1.77. The molecule has 0 aliphatic heterocycles. The van der Waals surface area contributed by atoms with Gasteiger partial charge >= 0.3 is 5.69 Å². The third kappa shape index (κ3) is 4.98. The molecule has 9 nitrogen and oxygen atoms in total. The van der Waals surface area contributed by atoms with Crippen molar-refractivity contribution in [3.63, 3.8) is 0 Å². The van der Waals surface area contributed by atoms with Crippen LogP contribution in [0.1, 0.15) is 5.56 Å². The number of aromatic hydroxyl groups is 2. The second-order valence-electron chi connectivity index (χ2n) is 4.81. The Hall–Kier alpha value is -3.04. The molecule has 26 heavy (non-hydrogen) atoms. The lowest BCUT2D eigenvalue weighted by Gasteiger charge is -2.07. The summed E-state index contributed by atoms with van der Waals surface area (Å²) in [6.07, 6.45) is 0.981. The molecule has 3 N–H and O–H groups in total. The van der Waals surface area contributed by atoms with Gasteiger partial charge in [-0.15, -0.1) is 0 Å². The predicted octanol–water partition coefficient (Wildman–Crippen LogP) is 2.84. The molecular formula is C15H11Cl2N3O6. The minimum atomic E-state index is -0.825. The van der Waals surface area contributed by atoms with Gasteiger partial charge in [0.1, 0.15) is 11.5 Å². The molecule has 0 aliphatic carbocycles. The Labute approximate surface area is 156 Å². The molecule has 0 saturated heterocycles. The van der Waals surface area contributed by atoms with E-state index < -0.39 is 34.6 Å². The van der Waals surface area contributed by atoms with Gasteiger partial charge in [0.15, 0.2) is 12.4 Å². The Bertz CT molecular complexity index is 888. The maximum Gasteiger partial charge on any atom is 0.311 e. The van der Waals surface area contributed by atoms with E-state index in [-0.39, 0.29) is 16.3 Å². The number of phenolic OH excluding ortho intramolecular Hbond substituents is 2. The second kappa shape index (κ2) is 8.37. The molecule has 136 valence electrons. The summed E-state index contributed by atoms with van der Waals surface area (Å²) in [6, 6.07) is 6.19. The van der Waals surface area contributed by atoms with Gasteiger partial charge in [0.25, 0.3) is 5.91 Å². The van der Waals surface area contributed by atoms with Crippen molar-refractivity contribution >= 4 is 41.0 Å². The van der Waals surface area contributed by atoms with Crippen LogP contribution >= 0.6 is 23.2 Å². The summed E-state index contributed by atoms with van der Waals surface area (Å²) in [7, 11) is 0. The summed E-state index contributed by atoms with van der Waals surface area (Å²) in [5.74, 6) is -1.53. The monoisotopic (exact) mass is 399 g/mol. The number of nitro benzene ring substituents is 1. The fourth-order valence-corrected chi connectivity index (χ4v) is 2.24. The van der Waals surface area contributed by atoms with Gasteiger partial charge in [0, 0.05) is 22.7 Å². The molecule has 0 radical (unpaired) electrons. The molecular weight excluding hydrogens is 389 g/mol. The van der Waals surface area contributed by atoms with Gasteiger partial charge in [-0.1, -0.05) is 23.2 Å². The highest BCUT2D eigenvalue weighted by molar-refractivity contribution is 6.35. The standard InChI is InChI=1S/C15H11Cl2N3O6/c16-9-1-2-14(10(17)4-9)26-7-15(23)19-18-6-8-3-11(20(24)25)13(22)5-12(8)21/h1-6,21-22H,7H2,(H,19,23)/b18-6+. The Morgan fingerprint density at radius 3 is 2.65 bits per heavy atom. The maximum absolute atomic E-state index is 11.7. The fraction of sp³-hybridized carbons (Fsp3) is 0.0667. The first-order chi connectivity index (χ1) is 12.3. The van der Waals surface area contributed by atoms with Gasteiger partial charge in [-0.25, -0.2) is 5.43 Å². The average molecular weight is 400 g/mol. The van der Waals surface area contributed by atoms with E-state index in [1.807, 2.05) is 0 Å². The van der Waals surface area contributed by atoms with Crippen LogP contribution < -0.4 is 10.2 Å². The maximum atomic E-state index is 11.7. The van der Waals surface area contributed by atoms with Crippen LogP contribution in [0.4, 0.5) is 5.69 Å². The summed E-state index contributed by atoms with van der Waals surface area (Å²) in [5.41, 5.74) is 1.43. The zero-order valence-electron chi connectivity index (χ0n) is 12.8. The van der Waals surface area contributed by atoms with Crippen LogP contribution in [0.25, 0.3) is 0 Å². The first kappa shape index (κ1) is 19.3. The number of rotatable bonds is 6. The van der Waals surface area contributed by atoms with Crippen LogP contribution in [0.3, 0.4) is 0 Å². The van der Waals surface area contributed by atoms with Crippen molar-refractivity contribution in [1.82, 2.24) is 5.43 Å². The van der Waals surface area contributed by atoms with Crippen molar-refractivity contribution < 1.29 is 24.7 Å². The summed E-state index contributed by atoms with van der Waals surface area (Å²) in [5, 5.41) is 34.0. The van der Waals surface area contributed by atoms with Crippen molar-refractivity contribution in [2.45, 2.75) is 0 Å². The Morgan fingerprint density at radius 1 is 1.27 bits per heavy atom. The Morgan fingerprint density at radius 2 is 2.00 bits per heavy atom. The zero-order chi connectivity index (χ0) is 19.3. The van der Waals surface area contributed by atoms with Gasteiger partial charge in [0.05, 0.1) is 16.2 Å². The molecule has 2 aromatic rings. The minimum absolute atomic E-state index is 0.0727. The number of halogens is 2. The smallest absolute Gasteiger partial charge is 0.311 e. The third-order valence-corrected chi connectivity index (χ3v) is 3.50. The average Bonchev–Trinajstić information content (AvgIpc) is 2.55. The van der Waals surface area contributed by atoms with Crippen LogP contribution in [0.15, 0.2) is 35.4 Å².